The Morgan fingerprint density at radius 1 is 1.16 bits per heavy atom. The molecule has 0 bridgehead atoms. The van der Waals surface area contributed by atoms with Crippen molar-refractivity contribution in [2.24, 2.45) is 5.92 Å². The molecule has 2 aromatic carbocycles. The zero-order valence-electron chi connectivity index (χ0n) is 24.0. The van der Waals surface area contributed by atoms with E-state index in [2.05, 4.69) is 16.0 Å². The molecule has 0 aliphatic carbocycles. The Morgan fingerprint density at radius 2 is 1.95 bits per heavy atom. The van der Waals surface area contributed by atoms with E-state index in [1.54, 1.807) is 7.11 Å². The van der Waals surface area contributed by atoms with Crippen molar-refractivity contribution in [2.75, 3.05) is 43.6 Å². The maximum atomic E-state index is 13.4. The number of rotatable bonds is 12. The van der Waals surface area contributed by atoms with Crippen LogP contribution in [0.1, 0.15) is 35.6 Å². The van der Waals surface area contributed by atoms with Crippen molar-refractivity contribution in [3.63, 3.8) is 0 Å². The molecule has 0 spiro atoms. The largest absolute Gasteiger partial charge is 0.445 e. The van der Waals surface area contributed by atoms with Crippen LogP contribution in [0.25, 0.3) is 0 Å². The molecular formula is C30H38N4O8S. The fourth-order valence-corrected chi connectivity index (χ4v) is 7.62. The van der Waals surface area contributed by atoms with E-state index in [9.17, 15) is 27.9 Å². The number of benzene rings is 2. The second-order valence-electron chi connectivity index (χ2n) is 11.5. The molecular weight excluding hydrogens is 576 g/mol. The van der Waals surface area contributed by atoms with Crippen LogP contribution in [-0.2, 0) is 41.9 Å². The first-order chi connectivity index (χ1) is 20.6. The van der Waals surface area contributed by atoms with Gasteiger partial charge < -0.3 is 30.5 Å². The van der Waals surface area contributed by atoms with E-state index in [1.165, 1.54) is 0 Å². The van der Waals surface area contributed by atoms with Crippen LogP contribution in [0, 0.1) is 5.92 Å². The zero-order chi connectivity index (χ0) is 30.6. The number of methoxy groups -OCH3 is 1. The van der Waals surface area contributed by atoms with E-state index >= 15 is 0 Å². The smallest absolute Gasteiger partial charge is 0.407 e. The zero-order valence-corrected chi connectivity index (χ0v) is 24.8. The van der Waals surface area contributed by atoms with Crippen LogP contribution < -0.4 is 16.0 Å². The van der Waals surface area contributed by atoms with E-state index in [1.807, 2.05) is 53.4 Å². The highest BCUT2D eigenvalue weighted by Crippen LogP contribution is 2.37. The lowest BCUT2D eigenvalue weighted by molar-refractivity contribution is -0.121. The number of sulfone groups is 1. The highest BCUT2D eigenvalue weighted by Gasteiger charge is 2.40. The van der Waals surface area contributed by atoms with Gasteiger partial charge in [-0.15, -0.1) is 0 Å². The summed E-state index contributed by atoms with van der Waals surface area (Å²) in [4.78, 5) is 40.1. The molecule has 12 nitrogen and oxygen atoms in total. The molecule has 2 aromatic rings. The molecule has 2 fully saturated rings. The first-order valence-corrected chi connectivity index (χ1v) is 16.3. The van der Waals surface area contributed by atoms with Gasteiger partial charge >= 0.3 is 6.09 Å². The van der Waals surface area contributed by atoms with Gasteiger partial charge in [-0.25, -0.2) is 13.2 Å². The van der Waals surface area contributed by atoms with Gasteiger partial charge in [-0.05, 0) is 36.0 Å². The van der Waals surface area contributed by atoms with Crippen molar-refractivity contribution in [1.29, 1.82) is 0 Å². The summed E-state index contributed by atoms with van der Waals surface area (Å²) in [6.45, 7) is 1.22. The number of carbonyl (C=O) groups is 3. The Bertz CT molecular complexity index is 1440. The molecule has 13 heteroatoms. The van der Waals surface area contributed by atoms with Gasteiger partial charge in [0.1, 0.15) is 12.1 Å². The summed E-state index contributed by atoms with van der Waals surface area (Å²) in [6.07, 6.45) is -1.89. The standard InChI is InChI=1S/C30H38N4O8S/c1-41-17-20-7-8-23-24(12-20)32-29(37)28(23)34(15-21-13-27(36)31-14-21)16-26(35)25(11-19-5-3-2-4-6-19)33-30(38)42-22-9-10-43(39,40)18-22/h2-8,12,21-22,25-26,28,35H,9-11,13-18H2,1H3,(H,31,36)(H,32,37)(H,33,38)/t21-,22-,25-,26+,28-/m0/s1. The lowest BCUT2D eigenvalue weighted by Gasteiger charge is -2.34. The number of ether oxygens (including phenoxy) is 2. The molecule has 232 valence electrons. The minimum atomic E-state index is -3.25. The second-order valence-corrected chi connectivity index (χ2v) is 13.7. The van der Waals surface area contributed by atoms with Crippen molar-refractivity contribution < 1.29 is 37.4 Å². The van der Waals surface area contributed by atoms with Gasteiger partial charge in [-0.2, -0.15) is 0 Å². The molecule has 0 saturated carbocycles. The lowest BCUT2D eigenvalue weighted by atomic mass is 9.97. The van der Waals surface area contributed by atoms with Gasteiger partial charge in [-0.1, -0.05) is 42.5 Å². The third-order valence-corrected chi connectivity index (χ3v) is 9.84. The Morgan fingerprint density at radius 3 is 2.63 bits per heavy atom. The molecule has 4 N–H and O–H groups in total. The molecule has 5 atom stereocenters. The quantitative estimate of drug-likeness (QED) is 0.275. The Kier molecular flexibility index (Phi) is 9.65. The van der Waals surface area contributed by atoms with Crippen molar-refractivity contribution in [3.05, 3.63) is 65.2 Å². The van der Waals surface area contributed by atoms with Crippen LogP contribution in [0.4, 0.5) is 10.5 Å². The average molecular weight is 615 g/mol. The van der Waals surface area contributed by atoms with Crippen molar-refractivity contribution in [3.8, 4) is 0 Å². The summed E-state index contributed by atoms with van der Waals surface area (Å²) in [5.74, 6) is -0.642. The van der Waals surface area contributed by atoms with Gasteiger partial charge in [0.05, 0.1) is 30.3 Å². The van der Waals surface area contributed by atoms with Crippen LogP contribution >= 0.6 is 0 Å². The number of nitrogens with zero attached hydrogens (tertiary/aromatic N) is 1. The van der Waals surface area contributed by atoms with Crippen LogP contribution in [-0.4, -0.2) is 92.8 Å². The Balaban J connectivity index is 1.37. The third-order valence-electron chi connectivity index (χ3n) is 8.10. The van der Waals surface area contributed by atoms with E-state index in [4.69, 9.17) is 9.47 Å². The summed E-state index contributed by atoms with van der Waals surface area (Å²) < 4.78 is 34.3. The monoisotopic (exact) mass is 614 g/mol. The molecule has 3 aliphatic heterocycles. The molecule has 0 radical (unpaired) electrons. The summed E-state index contributed by atoms with van der Waals surface area (Å²) in [6, 6.07) is 13.4. The second kappa shape index (κ2) is 13.4. The van der Waals surface area contributed by atoms with Gasteiger partial charge in [0.25, 0.3) is 0 Å². The minimum absolute atomic E-state index is 0.0115. The van der Waals surface area contributed by atoms with Crippen LogP contribution in [0.5, 0.6) is 0 Å². The number of hydrogen-bond donors (Lipinski definition) is 4. The maximum absolute atomic E-state index is 13.4. The Hall–Kier alpha value is -3.52. The average Bonchev–Trinajstić information content (AvgIpc) is 3.63. The fourth-order valence-electron chi connectivity index (χ4n) is 6.03. The maximum Gasteiger partial charge on any atom is 0.407 e. The number of aliphatic hydroxyl groups is 1. The van der Waals surface area contributed by atoms with E-state index in [0.29, 0.717) is 31.8 Å². The van der Waals surface area contributed by atoms with Crippen molar-refractivity contribution >= 4 is 33.4 Å². The van der Waals surface area contributed by atoms with Crippen LogP contribution in [0.2, 0.25) is 0 Å². The van der Waals surface area contributed by atoms with E-state index in [-0.39, 0.29) is 48.6 Å². The van der Waals surface area contributed by atoms with E-state index < -0.39 is 40.2 Å². The number of amides is 3. The summed E-state index contributed by atoms with van der Waals surface area (Å²) >= 11 is 0. The van der Waals surface area contributed by atoms with Gasteiger partial charge in [0.2, 0.25) is 11.8 Å². The number of carbonyl (C=O) groups excluding carboxylic acids is 3. The lowest BCUT2D eigenvalue weighted by Crippen LogP contribution is -2.52. The number of nitrogens with one attached hydrogen (secondary N) is 3. The molecule has 0 unspecified atom stereocenters. The molecule has 3 heterocycles. The Labute approximate surface area is 251 Å². The highest BCUT2D eigenvalue weighted by atomic mass is 32.2. The fraction of sp³-hybridized carbons (Fsp3) is 0.500. The first-order valence-electron chi connectivity index (χ1n) is 14.4. The topological polar surface area (TPSA) is 163 Å². The normalized spacial score (nSPS) is 23.8. The van der Waals surface area contributed by atoms with Gasteiger partial charge in [0, 0.05) is 44.4 Å². The minimum Gasteiger partial charge on any atom is -0.445 e. The molecule has 0 aromatic heterocycles. The molecule has 3 aliphatic rings. The van der Waals surface area contributed by atoms with Crippen molar-refractivity contribution in [2.45, 2.75) is 50.2 Å². The number of anilines is 1. The first kappa shape index (κ1) is 30.9. The number of alkyl carbamates (subject to hydrolysis) is 1. The summed E-state index contributed by atoms with van der Waals surface area (Å²) in [5, 5.41) is 20.2. The van der Waals surface area contributed by atoms with Gasteiger partial charge in [-0.3, -0.25) is 14.5 Å². The summed E-state index contributed by atoms with van der Waals surface area (Å²) in [5.41, 5.74) is 3.18. The predicted molar refractivity (Wildman–Crippen MR) is 158 cm³/mol. The van der Waals surface area contributed by atoms with Crippen molar-refractivity contribution in [1.82, 2.24) is 15.5 Å². The van der Waals surface area contributed by atoms with Crippen LogP contribution in [0.15, 0.2) is 48.5 Å². The summed E-state index contributed by atoms with van der Waals surface area (Å²) in [7, 11) is -1.65. The highest BCUT2D eigenvalue weighted by molar-refractivity contribution is 7.91. The third kappa shape index (κ3) is 7.91. The molecule has 2 saturated heterocycles. The van der Waals surface area contributed by atoms with Crippen LogP contribution in [0.3, 0.4) is 0 Å². The number of fused-ring (bicyclic) bond motifs is 1. The number of hydrogen-bond acceptors (Lipinski definition) is 9. The number of aliphatic hydroxyl groups excluding tert-OH is 1. The molecule has 3 amide bonds. The SMILES string of the molecule is COCc1ccc2c(c1)NC(=O)[C@H]2N(C[C@@H]1CNC(=O)C1)C[C@@H](O)[C@H](Cc1ccccc1)NC(=O)O[C@H]1CCS(=O)(=O)C1. The molecule has 5 rings (SSSR count). The molecule has 43 heavy (non-hydrogen) atoms. The van der Waals surface area contributed by atoms with Gasteiger partial charge in [0.15, 0.2) is 9.84 Å². The predicted octanol–water partition coefficient (Wildman–Crippen LogP) is 1.15. The van der Waals surface area contributed by atoms with E-state index in [0.717, 1.165) is 16.7 Å².